The number of hydrogen-bond donors (Lipinski definition) is 2. The van der Waals surface area contributed by atoms with Gasteiger partial charge in [0.25, 0.3) is 11.8 Å². The van der Waals surface area contributed by atoms with Gasteiger partial charge in [0, 0.05) is 28.9 Å². The third kappa shape index (κ3) is 6.11. The summed E-state index contributed by atoms with van der Waals surface area (Å²) in [7, 11) is 0. The van der Waals surface area contributed by atoms with Gasteiger partial charge in [-0.25, -0.2) is 0 Å². The van der Waals surface area contributed by atoms with E-state index in [9.17, 15) is 9.59 Å². The number of rotatable bonds is 8. The normalized spacial score (nSPS) is 10.4. The van der Waals surface area contributed by atoms with E-state index in [2.05, 4.69) is 22.8 Å². The van der Waals surface area contributed by atoms with Crippen molar-refractivity contribution >= 4 is 23.2 Å². The van der Waals surface area contributed by atoms with Gasteiger partial charge in [-0.05, 0) is 66.6 Å². The Bertz CT molecular complexity index is 1270. The van der Waals surface area contributed by atoms with Crippen LogP contribution in [0.2, 0.25) is 0 Å². The second-order valence-corrected chi connectivity index (χ2v) is 7.92. The van der Waals surface area contributed by atoms with Crippen LogP contribution >= 0.6 is 0 Å². The first-order valence-electron chi connectivity index (χ1n) is 11.1. The van der Waals surface area contributed by atoms with Crippen molar-refractivity contribution in [2.45, 2.75) is 13.3 Å². The quantitative estimate of drug-likeness (QED) is 0.340. The summed E-state index contributed by atoms with van der Waals surface area (Å²) >= 11 is 0. The minimum absolute atomic E-state index is 0.176. The molecule has 0 bridgehead atoms. The van der Waals surface area contributed by atoms with Gasteiger partial charge in [-0.3, -0.25) is 9.59 Å². The van der Waals surface area contributed by atoms with Crippen LogP contribution in [0, 0.1) is 6.92 Å². The highest BCUT2D eigenvalue weighted by molar-refractivity contribution is 6.06. The number of aryl methyl sites for hydroxylation is 1. The molecule has 5 nitrogen and oxygen atoms in total. The van der Waals surface area contributed by atoms with Gasteiger partial charge in [-0.1, -0.05) is 54.6 Å². The largest absolute Gasteiger partial charge is 0.493 e. The number of nitrogens with one attached hydrogen (secondary N) is 2. The fraction of sp³-hybridized carbons (Fsp3) is 0.103. The van der Waals surface area contributed by atoms with Crippen molar-refractivity contribution < 1.29 is 14.3 Å². The highest BCUT2D eigenvalue weighted by atomic mass is 16.5. The van der Waals surface area contributed by atoms with Crippen LogP contribution < -0.4 is 15.4 Å². The van der Waals surface area contributed by atoms with Crippen molar-refractivity contribution in [1.82, 2.24) is 0 Å². The molecule has 2 amide bonds. The van der Waals surface area contributed by atoms with Crippen molar-refractivity contribution in [1.29, 1.82) is 0 Å². The zero-order chi connectivity index (χ0) is 23.8. The Balaban J connectivity index is 1.35. The Morgan fingerprint density at radius 2 is 1.38 bits per heavy atom. The lowest BCUT2D eigenvalue weighted by atomic mass is 10.1. The van der Waals surface area contributed by atoms with E-state index in [0.29, 0.717) is 34.9 Å². The minimum atomic E-state index is -0.228. The predicted octanol–water partition coefficient (Wildman–Crippen LogP) is 6.12. The van der Waals surface area contributed by atoms with Crippen molar-refractivity contribution in [3.05, 3.63) is 125 Å². The summed E-state index contributed by atoms with van der Waals surface area (Å²) < 4.78 is 5.84. The second-order valence-electron chi connectivity index (χ2n) is 7.92. The molecule has 0 atom stereocenters. The average Bonchev–Trinajstić information content (AvgIpc) is 2.87. The molecule has 0 heterocycles. The Morgan fingerprint density at radius 3 is 2.12 bits per heavy atom. The second kappa shape index (κ2) is 11.0. The van der Waals surface area contributed by atoms with Gasteiger partial charge in [0.1, 0.15) is 5.75 Å². The molecule has 0 fully saturated rings. The van der Waals surface area contributed by atoms with Crippen LogP contribution in [0.25, 0.3) is 0 Å². The summed E-state index contributed by atoms with van der Waals surface area (Å²) in [4.78, 5) is 25.2. The molecule has 0 aliphatic heterocycles. The number of hydrogen-bond acceptors (Lipinski definition) is 3. The van der Waals surface area contributed by atoms with E-state index >= 15 is 0 Å². The zero-order valence-electron chi connectivity index (χ0n) is 19.0. The fourth-order valence-electron chi connectivity index (χ4n) is 3.53. The number of benzene rings is 4. The van der Waals surface area contributed by atoms with E-state index in [1.165, 1.54) is 5.56 Å². The Morgan fingerprint density at radius 1 is 0.706 bits per heavy atom. The molecule has 0 aliphatic rings. The predicted molar refractivity (Wildman–Crippen MR) is 136 cm³/mol. The zero-order valence-corrected chi connectivity index (χ0v) is 19.0. The van der Waals surface area contributed by atoms with E-state index in [4.69, 9.17) is 4.74 Å². The molecule has 4 aromatic rings. The summed E-state index contributed by atoms with van der Waals surface area (Å²) in [5.41, 5.74) is 4.49. The Kier molecular flexibility index (Phi) is 7.35. The van der Waals surface area contributed by atoms with E-state index in [-0.39, 0.29) is 11.8 Å². The van der Waals surface area contributed by atoms with E-state index in [0.717, 1.165) is 12.0 Å². The maximum atomic E-state index is 12.8. The van der Waals surface area contributed by atoms with E-state index in [1.807, 2.05) is 55.5 Å². The maximum Gasteiger partial charge on any atom is 0.255 e. The monoisotopic (exact) mass is 450 g/mol. The van der Waals surface area contributed by atoms with E-state index in [1.54, 1.807) is 42.5 Å². The molecule has 0 spiro atoms. The van der Waals surface area contributed by atoms with Crippen LogP contribution in [0.3, 0.4) is 0 Å². The number of ether oxygens (including phenoxy) is 1. The molecule has 4 rings (SSSR count). The van der Waals surface area contributed by atoms with Crippen LogP contribution in [0.1, 0.15) is 31.8 Å². The Hall–Kier alpha value is -4.38. The molecule has 2 N–H and O–H groups in total. The molecule has 170 valence electrons. The number of amides is 2. The fourth-order valence-corrected chi connectivity index (χ4v) is 3.53. The summed E-state index contributed by atoms with van der Waals surface area (Å²) in [6.45, 7) is 2.42. The van der Waals surface area contributed by atoms with Gasteiger partial charge in [0.2, 0.25) is 0 Å². The van der Waals surface area contributed by atoms with E-state index < -0.39 is 0 Å². The molecule has 34 heavy (non-hydrogen) atoms. The molecule has 0 aromatic heterocycles. The highest BCUT2D eigenvalue weighted by Crippen LogP contribution is 2.22. The molecular weight excluding hydrogens is 424 g/mol. The van der Waals surface area contributed by atoms with Gasteiger partial charge >= 0.3 is 0 Å². The van der Waals surface area contributed by atoms with Gasteiger partial charge < -0.3 is 15.4 Å². The van der Waals surface area contributed by atoms with Gasteiger partial charge in [-0.15, -0.1) is 0 Å². The molecule has 0 saturated heterocycles. The molecule has 0 saturated carbocycles. The third-order valence-electron chi connectivity index (χ3n) is 5.37. The van der Waals surface area contributed by atoms with Crippen molar-refractivity contribution in [3.8, 4) is 5.75 Å². The average molecular weight is 451 g/mol. The standard InChI is InChI=1S/C29H26N2O3/c1-21-19-25(15-16-27(21)31-28(32)23-11-6-3-7-12-23)30-29(33)24-13-8-14-26(20-24)34-18-17-22-9-4-2-5-10-22/h2-16,19-20H,17-18H2,1H3,(H,30,33)(H,31,32). The summed E-state index contributed by atoms with van der Waals surface area (Å²) in [6.07, 6.45) is 0.795. The maximum absolute atomic E-state index is 12.8. The topological polar surface area (TPSA) is 67.4 Å². The van der Waals surface area contributed by atoms with Crippen molar-refractivity contribution in [3.63, 3.8) is 0 Å². The lowest BCUT2D eigenvalue weighted by molar-refractivity contribution is 0.101. The van der Waals surface area contributed by atoms with Crippen molar-refractivity contribution in [2.75, 3.05) is 17.2 Å². The first-order chi connectivity index (χ1) is 16.6. The van der Waals surface area contributed by atoms with Crippen LogP contribution in [0.15, 0.2) is 103 Å². The molecule has 4 aromatic carbocycles. The summed E-state index contributed by atoms with van der Waals surface area (Å²) in [5, 5.41) is 5.82. The highest BCUT2D eigenvalue weighted by Gasteiger charge is 2.11. The first kappa shape index (κ1) is 22.8. The van der Waals surface area contributed by atoms with Crippen LogP contribution in [0.4, 0.5) is 11.4 Å². The number of carbonyl (C=O) groups excluding carboxylic acids is 2. The van der Waals surface area contributed by atoms with Crippen LogP contribution in [0.5, 0.6) is 5.75 Å². The smallest absolute Gasteiger partial charge is 0.255 e. The summed E-state index contributed by atoms with van der Waals surface area (Å²) in [5.74, 6) is 0.247. The summed E-state index contributed by atoms with van der Waals surface area (Å²) in [6, 6.07) is 31.7. The van der Waals surface area contributed by atoms with Gasteiger partial charge in [-0.2, -0.15) is 0 Å². The van der Waals surface area contributed by atoms with Gasteiger partial charge in [0.15, 0.2) is 0 Å². The van der Waals surface area contributed by atoms with Crippen LogP contribution in [-0.2, 0) is 6.42 Å². The van der Waals surface area contributed by atoms with Crippen molar-refractivity contribution in [2.24, 2.45) is 0 Å². The lowest BCUT2D eigenvalue weighted by Gasteiger charge is -2.12. The molecular formula is C29H26N2O3. The Labute approximate surface area is 199 Å². The lowest BCUT2D eigenvalue weighted by Crippen LogP contribution is -2.14. The van der Waals surface area contributed by atoms with Crippen LogP contribution in [-0.4, -0.2) is 18.4 Å². The number of anilines is 2. The third-order valence-corrected chi connectivity index (χ3v) is 5.37. The van der Waals surface area contributed by atoms with Gasteiger partial charge in [0.05, 0.1) is 6.61 Å². The number of carbonyl (C=O) groups is 2. The first-order valence-corrected chi connectivity index (χ1v) is 11.1. The molecule has 0 unspecified atom stereocenters. The minimum Gasteiger partial charge on any atom is -0.493 e. The molecule has 5 heteroatoms. The SMILES string of the molecule is Cc1cc(NC(=O)c2cccc(OCCc3ccccc3)c2)ccc1NC(=O)c1ccccc1. The molecule has 0 aliphatic carbocycles. The molecule has 0 radical (unpaired) electrons.